The minimum atomic E-state index is -0.0410. The smallest absolute Gasteiger partial charge is 0.273 e. The molecule has 0 unspecified atom stereocenters. The summed E-state index contributed by atoms with van der Waals surface area (Å²) in [6, 6.07) is 16.8. The Labute approximate surface area is 199 Å². The van der Waals surface area contributed by atoms with E-state index in [4.69, 9.17) is 4.98 Å². The number of thiazole rings is 1. The first kappa shape index (κ1) is 23.1. The molecule has 0 aliphatic carbocycles. The first-order chi connectivity index (χ1) is 15.8. The first-order valence-corrected chi connectivity index (χ1v) is 12.0. The highest BCUT2D eigenvalue weighted by Crippen LogP contribution is 2.29. The lowest BCUT2D eigenvalue weighted by atomic mass is 10.00. The lowest BCUT2D eigenvalue weighted by molar-refractivity contribution is 0.0727. The van der Waals surface area contributed by atoms with E-state index >= 15 is 0 Å². The third-order valence-corrected chi connectivity index (χ3v) is 6.50. The molecule has 2 heterocycles. The Morgan fingerprint density at radius 1 is 0.970 bits per heavy atom. The van der Waals surface area contributed by atoms with Gasteiger partial charge < -0.3 is 9.80 Å². The van der Waals surface area contributed by atoms with E-state index in [2.05, 4.69) is 72.3 Å². The van der Waals surface area contributed by atoms with Crippen LogP contribution in [0.4, 0.5) is 0 Å². The summed E-state index contributed by atoms with van der Waals surface area (Å²) in [6.45, 7) is 7.97. The zero-order chi connectivity index (χ0) is 23.5. The van der Waals surface area contributed by atoms with Gasteiger partial charge in [0.15, 0.2) is 0 Å². The van der Waals surface area contributed by atoms with Gasteiger partial charge in [0.2, 0.25) is 0 Å². The van der Waals surface area contributed by atoms with Gasteiger partial charge in [0.25, 0.3) is 5.91 Å². The topological polar surface area (TPSA) is 49.3 Å². The molecule has 1 amide bonds. The van der Waals surface area contributed by atoms with E-state index in [1.807, 2.05) is 31.3 Å². The van der Waals surface area contributed by atoms with Crippen molar-refractivity contribution in [1.82, 2.24) is 19.8 Å². The van der Waals surface area contributed by atoms with Gasteiger partial charge in [0.1, 0.15) is 5.69 Å². The third kappa shape index (κ3) is 5.29. The summed E-state index contributed by atoms with van der Waals surface area (Å²) in [6.07, 6.45) is 0. The Balaban J connectivity index is 1.81. The molecule has 0 atom stereocenters. The van der Waals surface area contributed by atoms with Gasteiger partial charge in [-0.1, -0.05) is 42.0 Å². The van der Waals surface area contributed by atoms with E-state index in [0.717, 1.165) is 44.8 Å². The number of amides is 1. The number of benzene rings is 2. The zero-order valence-electron chi connectivity index (χ0n) is 19.9. The Hall–Kier alpha value is -3.09. The Morgan fingerprint density at radius 3 is 2.45 bits per heavy atom. The lowest BCUT2D eigenvalue weighted by Crippen LogP contribution is -2.36. The van der Waals surface area contributed by atoms with Crippen LogP contribution in [0.3, 0.4) is 0 Å². The molecule has 0 radical (unpaired) electrons. The molecular formula is C27H30N4OS. The largest absolute Gasteiger partial charge is 0.332 e. The van der Waals surface area contributed by atoms with Crippen LogP contribution in [0.25, 0.3) is 22.2 Å². The van der Waals surface area contributed by atoms with Crippen molar-refractivity contribution in [1.29, 1.82) is 0 Å². The zero-order valence-corrected chi connectivity index (χ0v) is 20.7. The minimum absolute atomic E-state index is 0.0410. The number of likely N-dealkylation sites (N-methyl/N-ethyl adjacent to an activating group) is 1. The van der Waals surface area contributed by atoms with Crippen LogP contribution in [0.5, 0.6) is 0 Å². The van der Waals surface area contributed by atoms with Gasteiger partial charge in [-0.2, -0.15) is 0 Å². The van der Waals surface area contributed by atoms with E-state index in [9.17, 15) is 4.79 Å². The molecule has 0 saturated carbocycles. The molecule has 5 nitrogen and oxygen atoms in total. The number of rotatable bonds is 7. The summed E-state index contributed by atoms with van der Waals surface area (Å²) in [5.74, 6) is -0.0410. The van der Waals surface area contributed by atoms with Crippen molar-refractivity contribution in [3.63, 3.8) is 0 Å². The minimum Gasteiger partial charge on any atom is -0.332 e. The average molecular weight is 459 g/mol. The van der Waals surface area contributed by atoms with E-state index in [0.29, 0.717) is 18.8 Å². The van der Waals surface area contributed by atoms with Crippen LogP contribution < -0.4 is 0 Å². The first-order valence-electron chi connectivity index (χ1n) is 11.1. The molecule has 0 bridgehead atoms. The molecule has 0 aliphatic heterocycles. The molecule has 2 aromatic heterocycles. The standard InChI is InChI=1S/C27H30N4OS/c1-18-8-6-10-21(14-18)26-23(15-22-11-7-9-19(2)25(22)29-26)16-31(13-12-30(4)5)27(32)24-17-33-20(3)28-24/h6-11,14-15,17H,12-13,16H2,1-5H3. The van der Waals surface area contributed by atoms with Gasteiger partial charge in [0.05, 0.1) is 16.2 Å². The number of aryl methyl sites for hydroxylation is 3. The van der Waals surface area contributed by atoms with Gasteiger partial charge >= 0.3 is 0 Å². The normalized spacial score (nSPS) is 11.3. The highest BCUT2D eigenvalue weighted by Gasteiger charge is 2.21. The van der Waals surface area contributed by atoms with Crippen molar-refractivity contribution in [2.75, 3.05) is 27.2 Å². The van der Waals surface area contributed by atoms with Crippen LogP contribution in [-0.4, -0.2) is 52.9 Å². The predicted molar refractivity (Wildman–Crippen MR) is 137 cm³/mol. The van der Waals surface area contributed by atoms with Crippen LogP contribution >= 0.6 is 11.3 Å². The maximum Gasteiger partial charge on any atom is 0.273 e. The number of para-hydroxylation sites is 1. The molecular weight excluding hydrogens is 428 g/mol. The van der Waals surface area contributed by atoms with Crippen LogP contribution in [-0.2, 0) is 6.54 Å². The second-order valence-corrected chi connectivity index (χ2v) is 9.86. The van der Waals surface area contributed by atoms with Crippen molar-refractivity contribution in [2.45, 2.75) is 27.3 Å². The highest BCUT2D eigenvalue weighted by molar-refractivity contribution is 7.09. The molecule has 0 N–H and O–H groups in total. The summed E-state index contributed by atoms with van der Waals surface area (Å²) in [4.78, 5) is 27.0. The van der Waals surface area contributed by atoms with Crippen LogP contribution in [0.15, 0.2) is 53.9 Å². The number of pyridine rings is 1. The summed E-state index contributed by atoms with van der Waals surface area (Å²) in [5.41, 5.74) is 6.88. The number of fused-ring (bicyclic) bond motifs is 1. The number of carbonyl (C=O) groups is 1. The fraction of sp³-hybridized carbons (Fsp3) is 0.296. The van der Waals surface area contributed by atoms with E-state index < -0.39 is 0 Å². The van der Waals surface area contributed by atoms with Crippen molar-refractivity contribution >= 4 is 28.1 Å². The van der Waals surface area contributed by atoms with Crippen LogP contribution in [0, 0.1) is 20.8 Å². The number of hydrogen-bond donors (Lipinski definition) is 0. The SMILES string of the molecule is Cc1cccc(-c2nc3c(C)cccc3cc2CN(CCN(C)C)C(=O)c2csc(C)n2)c1. The monoisotopic (exact) mass is 458 g/mol. The Bertz CT molecular complexity index is 1290. The van der Waals surface area contributed by atoms with Gasteiger partial charge in [-0.15, -0.1) is 11.3 Å². The molecule has 4 aromatic rings. The van der Waals surface area contributed by atoms with Gasteiger partial charge in [-0.25, -0.2) is 9.97 Å². The van der Waals surface area contributed by atoms with E-state index in [1.54, 1.807) is 0 Å². The molecule has 0 spiro atoms. The van der Waals surface area contributed by atoms with Crippen LogP contribution in [0.2, 0.25) is 0 Å². The van der Waals surface area contributed by atoms with Crippen molar-refractivity contribution in [2.24, 2.45) is 0 Å². The van der Waals surface area contributed by atoms with Gasteiger partial charge in [0, 0.05) is 36.0 Å². The lowest BCUT2D eigenvalue weighted by Gasteiger charge is -2.25. The fourth-order valence-electron chi connectivity index (χ4n) is 3.96. The molecule has 0 fully saturated rings. The van der Waals surface area contributed by atoms with Gasteiger partial charge in [-0.05, 0) is 58.1 Å². The fourth-order valence-corrected chi connectivity index (χ4v) is 4.54. The Morgan fingerprint density at radius 2 is 1.76 bits per heavy atom. The number of aromatic nitrogens is 2. The Kier molecular flexibility index (Phi) is 6.86. The second kappa shape index (κ2) is 9.81. The van der Waals surface area contributed by atoms with Gasteiger partial charge in [-0.3, -0.25) is 4.79 Å². The number of nitrogens with zero attached hydrogens (tertiary/aromatic N) is 4. The number of hydrogen-bond acceptors (Lipinski definition) is 5. The van der Waals surface area contributed by atoms with E-state index in [-0.39, 0.29) is 5.91 Å². The average Bonchev–Trinajstić information content (AvgIpc) is 3.22. The molecule has 4 rings (SSSR count). The number of carbonyl (C=O) groups excluding carboxylic acids is 1. The third-order valence-electron chi connectivity index (χ3n) is 5.72. The maximum atomic E-state index is 13.4. The molecule has 33 heavy (non-hydrogen) atoms. The molecule has 6 heteroatoms. The van der Waals surface area contributed by atoms with Crippen molar-refractivity contribution in [3.8, 4) is 11.3 Å². The summed E-state index contributed by atoms with van der Waals surface area (Å²) in [5, 5.41) is 3.84. The van der Waals surface area contributed by atoms with Crippen LogP contribution in [0.1, 0.15) is 32.2 Å². The maximum absolute atomic E-state index is 13.4. The summed E-state index contributed by atoms with van der Waals surface area (Å²) >= 11 is 1.50. The van der Waals surface area contributed by atoms with Crippen molar-refractivity contribution < 1.29 is 4.79 Å². The quantitative estimate of drug-likeness (QED) is 0.368. The summed E-state index contributed by atoms with van der Waals surface area (Å²) < 4.78 is 0. The van der Waals surface area contributed by atoms with Crippen molar-refractivity contribution in [3.05, 3.63) is 81.3 Å². The second-order valence-electron chi connectivity index (χ2n) is 8.79. The van der Waals surface area contributed by atoms with E-state index in [1.165, 1.54) is 16.9 Å². The molecule has 0 aliphatic rings. The summed E-state index contributed by atoms with van der Waals surface area (Å²) in [7, 11) is 4.04. The molecule has 2 aromatic carbocycles. The molecule has 0 saturated heterocycles. The highest BCUT2D eigenvalue weighted by atomic mass is 32.1. The molecule has 170 valence electrons. The predicted octanol–water partition coefficient (Wildman–Crippen LogP) is 5.49.